The molecular weight excluding hydrogens is 798 g/mol. The number of phosphoric acid groups is 1. The highest BCUT2D eigenvalue weighted by molar-refractivity contribution is 7.47. The topological polar surface area (TPSA) is 108 Å². The highest BCUT2D eigenvalue weighted by Crippen LogP contribution is 2.43. The van der Waals surface area contributed by atoms with Gasteiger partial charge in [0.2, 0.25) is 0 Å². The summed E-state index contributed by atoms with van der Waals surface area (Å²) in [5, 5.41) is 0. The maximum atomic E-state index is 12.8. The molecule has 10 heteroatoms. The van der Waals surface area contributed by atoms with Crippen LogP contribution in [0.1, 0.15) is 271 Å². The second kappa shape index (κ2) is 45.2. The first-order valence-corrected chi connectivity index (χ1v) is 28.3. The van der Waals surface area contributed by atoms with Gasteiger partial charge in [-0.15, -0.1) is 0 Å². The lowest BCUT2D eigenvalue weighted by Gasteiger charge is -2.24. The largest absolute Gasteiger partial charge is 0.472 e. The number of rotatable bonds is 50. The number of carbonyl (C=O) groups excluding carboxylic acids is 2. The second-order valence-electron chi connectivity index (χ2n) is 19.6. The van der Waals surface area contributed by atoms with Gasteiger partial charge in [0.15, 0.2) is 6.10 Å². The Morgan fingerprint density at radius 1 is 0.435 bits per heavy atom. The van der Waals surface area contributed by atoms with Gasteiger partial charge in [0, 0.05) is 12.8 Å². The molecule has 0 saturated carbocycles. The van der Waals surface area contributed by atoms with Crippen LogP contribution in [-0.2, 0) is 32.7 Å². The molecule has 0 aromatic heterocycles. The molecule has 0 heterocycles. The maximum absolute atomic E-state index is 12.8. The molecule has 0 bridgehead atoms. The molecule has 0 aromatic rings. The number of ether oxygens (including phenoxy) is 2. The van der Waals surface area contributed by atoms with Crippen LogP contribution in [0.25, 0.3) is 0 Å². The van der Waals surface area contributed by atoms with Gasteiger partial charge in [0.05, 0.1) is 27.7 Å². The Balaban J connectivity index is 4.16. The molecule has 62 heavy (non-hydrogen) atoms. The normalized spacial score (nSPS) is 13.3. The standard InChI is InChI=1S/C52H104NO8P/c1-6-8-10-12-14-16-18-20-22-24-25-26-27-28-29-31-33-35-37-39-41-43-45-52(55)61-50(49-60-62(56,57)59-47-46-53(3,4)5)48-58-51(54)44-42-40-38-36-34-32-30-23-21-19-17-15-13-11-9-7-2/h50H,6-49H2,1-5H3/p+1. The molecule has 1 N–H and O–H groups in total. The fourth-order valence-electron chi connectivity index (χ4n) is 7.96. The van der Waals surface area contributed by atoms with Crippen molar-refractivity contribution >= 4 is 19.8 Å². The monoisotopic (exact) mass is 903 g/mol. The molecular formula is C52H105NO8P+. The molecule has 0 radical (unpaired) electrons. The number of likely N-dealkylation sites (N-methyl/N-ethyl adjacent to an activating group) is 1. The van der Waals surface area contributed by atoms with E-state index in [2.05, 4.69) is 13.8 Å². The maximum Gasteiger partial charge on any atom is 0.472 e. The summed E-state index contributed by atoms with van der Waals surface area (Å²) in [6.07, 6.45) is 48.7. The third-order valence-corrected chi connectivity index (χ3v) is 13.1. The van der Waals surface area contributed by atoms with Gasteiger partial charge in [-0.2, -0.15) is 0 Å². The minimum atomic E-state index is -4.37. The second-order valence-corrected chi connectivity index (χ2v) is 21.1. The lowest BCUT2D eigenvalue weighted by Crippen LogP contribution is -2.37. The highest BCUT2D eigenvalue weighted by atomic mass is 31.2. The molecule has 0 amide bonds. The quantitative estimate of drug-likeness (QED) is 0.0278. The zero-order valence-electron chi connectivity index (χ0n) is 41.9. The predicted octanol–water partition coefficient (Wildman–Crippen LogP) is 15.9. The Kier molecular flexibility index (Phi) is 44.5. The molecule has 370 valence electrons. The molecule has 0 aromatic carbocycles. The Morgan fingerprint density at radius 2 is 0.726 bits per heavy atom. The van der Waals surface area contributed by atoms with E-state index < -0.39 is 26.5 Å². The van der Waals surface area contributed by atoms with Gasteiger partial charge in [-0.1, -0.05) is 245 Å². The van der Waals surface area contributed by atoms with Crippen molar-refractivity contribution in [2.45, 2.75) is 277 Å². The van der Waals surface area contributed by atoms with E-state index in [4.69, 9.17) is 18.5 Å². The SMILES string of the molecule is CCCCCCCCCCCCCCCCCCCCCCCCC(=O)OC(COC(=O)CCCCCCCCCCCCCCCCCC)COP(=O)(O)OCC[N+](C)(C)C. The number of esters is 2. The van der Waals surface area contributed by atoms with Crippen LogP contribution in [0.4, 0.5) is 0 Å². The van der Waals surface area contributed by atoms with Gasteiger partial charge in [-0.3, -0.25) is 18.6 Å². The first-order chi connectivity index (χ1) is 30.0. The average molecular weight is 903 g/mol. The molecule has 0 aliphatic heterocycles. The van der Waals surface area contributed by atoms with E-state index in [1.165, 1.54) is 205 Å². The number of hydrogen-bond donors (Lipinski definition) is 1. The van der Waals surface area contributed by atoms with E-state index in [0.29, 0.717) is 17.4 Å². The minimum Gasteiger partial charge on any atom is -0.462 e. The van der Waals surface area contributed by atoms with Crippen molar-refractivity contribution < 1.29 is 42.1 Å². The van der Waals surface area contributed by atoms with Gasteiger partial charge in [0.1, 0.15) is 19.8 Å². The van der Waals surface area contributed by atoms with Crippen LogP contribution in [0.3, 0.4) is 0 Å². The number of nitrogens with zero attached hydrogens (tertiary/aromatic N) is 1. The molecule has 2 unspecified atom stereocenters. The number of unbranched alkanes of at least 4 members (excludes halogenated alkanes) is 36. The summed E-state index contributed by atoms with van der Waals surface area (Å²) in [5.74, 6) is -0.776. The summed E-state index contributed by atoms with van der Waals surface area (Å²) in [7, 11) is 1.50. The summed E-state index contributed by atoms with van der Waals surface area (Å²) in [6.45, 7) is 4.49. The van der Waals surface area contributed by atoms with Gasteiger partial charge in [-0.05, 0) is 12.8 Å². The van der Waals surface area contributed by atoms with Crippen molar-refractivity contribution in [1.29, 1.82) is 0 Å². The van der Waals surface area contributed by atoms with E-state index in [1.807, 2.05) is 21.1 Å². The summed E-state index contributed by atoms with van der Waals surface area (Å²) in [5.41, 5.74) is 0. The molecule has 2 atom stereocenters. The van der Waals surface area contributed by atoms with Crippen molar-refractivity contribution in [2.24, 2.45) is 0 Å². The van der Waals surface area contributed by atoms with Gasteiger partial charge in [0.25, 0.3) is 0 Å². The lowest BCUT2D eigenvalue weighted by molar-refractivity contribution is -0.870. The van der Waals surface area contributed by atoms with Crippen LogP contribution in [0.15, 0.2) is 0 Å². The molecule has 0 fully saturated rings. The van der Waals surface area contributed by atoms with E-state index in [9.17, 15) is 19.0 Å². The predicted molar refractivity (Wildman–Crippen MR) is 261 cm³/mol. The van der Waals surface area contributed by atoms with Crippen molar-refractivity contribution in [3.8, 4) is 0 Å². The third-order valence-electron chi connectivity index (χ3n) is 12.1. The molecule has 0 aliphatic rings. The average Bonchev–Trinajstić information content (AvgIpc) is 3.23. The van der Waals surface area contributed by atoms with E-state index in [-0.39, 0.29) is 25.6 Å². The number of carbonyl (C=O) groups is 2. The molecule has 9 nitrogen and oxygen atoms in total. The summed E-state index contributed by atoms with van der Waals surface area (Å²) in [4.78, 5) is 35.6. The van der Waals surface area contributed by atoms with Crippen LogP contribution in [0, 0.1) is 0 Å². The lowest BCUT2D eigenvalue weighted by atomic mass is 10.0. The van der Waals surface area contributed by atoms with Crippen molar-refractivity contribution in [3.05, 3.63) is 0 Å². The van der Waals surface area contributed by atoms with Crippen molar-refractivity contribution in [1.82, 2.24) is 0 Å². The van der Waals surface area contributed by atoms with Crippen LogP contribution in [-0.4, -0.2) is 74.9 Å². The molecule has 0 saturated heterocycles. The zero-order valence-corrected chi connectivity index (χ0v) is 42.8. The Bertz CT molecular complexity index is 1020. The Hall–Kier alpha value is -0.990. The summed E-state index contributed by atoms with van der Waals surface area (Å²) >= 11 is 0. The smallest absolute Gasteiger partial charge is 0.462 e. The number of hydrogen-bond acceptors (Lipinski definition) is 7. The molecule has 0 aliphatic carbocycles. The first kappa shape index (κ1) is 61.0. The fraction of sp³-hybridized carbons (Fsp3) is 0.962. The number of quaternary nitrogens is 1. The molecule has 0 rings (SSSR count). The Labute approximate surface area is 384 Å². The van der Waals surface area contributed by atoms with Gasteiger partial charge in [-0.25, -0.2) is 4.57 Å². The van der Waals surface area contributed by atoms with Crippen molar-refractivity contribution in [2.75, 3.05) is 47.5 Å². The fourth-order valence-corrected chi connectivity index (χ4v) is 8.70. The zero-order chi connectivity index (χ0) is 45.7. The first-order valence-electron chi connectivity index (χ1n) is 26.8. The summed E-state index contributed by atoms with van der Waals surface area (Å²) < 4.78 is 34.5. The van der Waals surface area contributed by atoms with Gasteiger partial charge >= 0.3 is 19.8 Å². The number of phosphoric ester groups is 1. The van der Waals surface area contributed by atoms with E-state index in [0.717, 1.165) is 38.5 Å². The van der Waals surface area contributed by atoms with Crippen LogP contribution >= 0.6 is 7.82 Å². The Morgan fingerprint density at radius 3 is 1.03 bits per heavy atom. The van der Waals surface area contributed by atoms with Crippen LogP contribution in [0.5, 0.6) is 0 Å². The van der Waals surface area contributed by atoms with Crippen molar-refractivity contribution in [3.63, 3.8) is 0 Å². The van der Waals surface area contributed by atoms with Gasteiger partial charge < -0.3 is 18.9 Å². The molecule has 0 spiro atoms. The third kappa shape index (κ3) is 48.5. The van der Waals surface area contributed by atoms with E-state index >= 15 is 0 Å². The van der Waals surface area contributed by atoms with Crippen LogP contribution in [0.2, 0.25) is 0 Å². The minimum absolute atomic E-state index is 0.0372. The summed E-state index contributed by atoms with van der Waals surface area (Å²) in [6, 6.07) is 0. The van der Waals surface area contributed by atoms with E-state index in [1.54, 1.807) is 0 Å². The van der Waals surface area contributed by atoms with Crippen LogP contribution < -0.4 is 0 Å². The highest BCUT2D eigenvalue weighted by Gasteiger charge is 2.27.